The lowest BCUT2D eigenvalue weighted by atomic mass is 9.85. The lowest BCUT2D eigenvalue weighted by Gasteiger charge is -2.31. The molecule has 110 valence electrons. The Kier molecular flexibility index (Phi) is 5.05. The number of hydrogen-bond acceptors (Lipinski definition) is 2. The first kappa shape index (κ1) is 14.9. The molecule has 2 rings (SSSR count). The fourth-order valence-corrected chi connectivity index (χ4v) is 2.84. The molecule has 2 unspecified atom stereocenters. The first-order chi connectivity index (χ1) is 9.60. The van der Waals surface area contributed by atoms with E-state index in [0.29, 0.717) is 12.5 Å². The summed E-state index contributed by atoms with van der Waals surface area (Å²) in [5, 5.41) is 6.61. The Morgan fingerprint density at radius 2 is 2.05 bits per heavy atom. The van der Waals surface area contributed by atoms with Gasteiger partial charge in [0.1, 0.15) is 0 Å². The maximum atomic E-state index is 11.5. The third-order valence-corrected chi connectivity index (χ3v) is 4.29. The number of nitrogens with one attached hydrogen (secondary N) is 2. The smallest absolute Gasteiger partial charge is 0.224 e. The molecule has 1 aromatic rings. The minimum atomic E-state index is 0.0610. The van der Waals surface area contributed by atoms with E-state index in [1.165, 1.54) is 31.2 Å². The number of carbonyl (C=O) groups is 1. The molecule has 1 aliphatic rings. The summed E-state index contributed by atoms with van der Waals surface area (Å²) in [5.41, 5.74) is 3.27. The molecule has 3 nitrogen and oxygen atoms in total. The lowest BCUT2D eigenvalue weighted by Crippen LogP contribution is -2.30. The van der Waals surface area contributed by atoms with Gasteiger partial charge in [-0.15, -0.1) is 0 Å². The summed E-state index contributed by atoms with van der Waals surface area (Å²) in [6.07, 6.45) is 5.73. The molecule has 3 heteroatoms. The average molecular weight is 274 g/mol. The monoisotopic (exact) mass is 274 g/mol. The van der Waals surface area contributed by atoms with Crippen LogP contribution in [-0.4, -0.2) is 11.9 Å². The molecule has 1 fully saturated rings. The molecule has 0 heterocycles. The van der Waals surface area contributed by atoms with Crippen LogP contribution in [0.15, 0.2) is 18.2 Å². The molecule has 1 amide bonds. The molecule has 0 radical (unpaired) electrons. The van der Waals surface area contributed by atoms with Crippen LogP contribution in [-0.2, 0) is 4.79 Å². The van der Waals surface area contributed by atoms with Crippen LogP contribution in [0.1, 0.15) is 51.5 Å². The molecule has 1 saturated carbocycles. The van der Waals surface area contributed by atoms with Crippen LogP contribution in [0.2, 0.25) is 0 Å². The van der Waals surface area contributed by atoms with Crippen molar-refractivity contribution in [2.45, 2.75) is 58.9 Å². The summed E-state index contributed by atoms with van der Waals surface area (Å²) in [7, 11) is 0. The van der Waals surface area contributed by atoms with Crippen molar-refractivity contribution < 1.29 is 4.79 Å². The van der Waals surface area contributed by atoms with E-state index in [9.17, 15) is 4.79 Å². The second-order valence-corrected chi connectivity index (χ2v) is 5.94. The number of amides is 1. The normalized spacial score (nSPS) is 22.4. The van der Waals surface area contributed by atoms with Crippen LogP contribution in [0.25, 0.3) is 0 Å². The van der Waals surface area contributed by atoms with Gasteiger partial charge in [-0.25, -0.2) is 0 Å². The third kappa shape index (κ3) is 3.75. The van der Waals surface area contributed by atoms with Crippen molar-refractivity contribution in [2.24, 2.45) is 5.92 Å². The Morgan fingerprint density at radius 3 is 2.75 bits per heavy atom. The Labute approximate surface area is 122 Å². The van der Waals surface area contributed by atoms with Gasteiger partial charge in [0.05, 0.1) is 0 Å². The number of benzene rings is 1. The highest BCUT2D eigenvalue weighted by Crippen LogP contribution is 2.29. The highest BCUT2D eigenvalue weighted by molar-refractivity contribution is 5.91. The highest BCUT2D eigenvalue weighted by Gasteiger charge is 2.21. The number of anilines is 2. The van der Waals surface area contributed by atoms with E-state index in [1.54, 1.807) is 0 Å². The number of carbonyl (C=O) groups excluding carboxylic acids is 1. The van der Waals surface area contributed by atoms with E-state index in [2.05, 4.69) is 36.6 Å². The molecule has 0 spiro atoms. The Hall–Kier alpha value is -1.51. The van der Waals surface area contributed by atoms with Crippen molar-refractivity contribution in [1.29, 1.82) is 0 Å². The van der Waals surface area contributed by atoms with E-state index in [0.717, 1.165) is 17.3 Å². The Bertz CT molecular complexity index is 470. The summed E-state index contributed by atoms with van der Waals surface area (Å²) in [6.45, 7) is 6.31. The van der Waals surface area contributed by atoms with Crippen molar-refractivity contribution in [3.63, 3.8) is 0 Å². The largest absolute Gasteiger partial charge is 0.382 e. The standard InChI is InChI=1S/C17H26N2O/c1-4-17(20)18-14-10-9-13(3)16(11-14)19-15-8-6-5-7-12(15)2/h9-12,15,19H,4-8H2,1-3H3,(H,18,20). The van der Waals surface area contributed by atoms with Crippen LogP contribution in [0.3, 0.4) is 0 Å². The van der Waals surface area contributed by atoms with Gasteiger partial charge in [0.2, 0.25) is 5.91 Å². The first-order valence-electron chi connectivity index (χ1n) is 7.77. The van der Waals surface area contributed by atoms with Gasteiger partial charge in [0.25, 0.3) is 0 Å². The van der Waals surface area contributed by atoms with Gasteiger partial charge in [-0.05, 0) is 43.4 Å². The minimum Gasteiger partial charge on any atom is -0.382 e. The molecule has 0 aliphatic heterocycles. The SMILES string of the molecule is CCC(=O)Nc1ccc(C)c(NC2CCCCC2C)c1. The van der Waals surface area contributed by atoms with Crippen molar-refractivity contribution >= 4 is 17.3 Å². The molecule has 1 aromatic carbocycles. The van der Waals surface area contributed by atoms with E-state index >= 15 is 0 Å². The van der Waals surface area contributed by atoms with Crippen LogP contribution in [0.5, 0.6) is 0 Å². The van der Waals surface area contributed by atoms with Crippen LogP contribution >= 0.6 is 0 Å². The minimum absolute atomic E-state index is 0.0610. The third-order valence-electron chi connectivity index (χ3n) is 4.29. The zero-order valence-corrected chi connectivity index (χ0v) is 12.8. The van der Waals surface area contributed by atoms with Crippen molar-refractivity contribution in [3.05, 3.63) is 23.8 Å². The van der Waals surface area contributed by atoms with Crippen LogP contribution in [0, 0.1) is 12.8 Å². The molecule has 0 aromatic heterocycles. The molecule has 0 bridgehead atoms. The Morgan fingerprint density at radius 1 is 1.30 bits per heavy atom. The average Bonchev–Trinajstić information content (AvgIpc) is 2.44. The lowest BCUT2D eigenvalue weighted by molar-refractivity contribution is -0.115. The second-order valence-electron chi connectivity index (χ2n) is 5.94. The highest BCUT2D eigenvalue weighted by atomic mass is 16.1. The predicted octanol–water partition coefficient (Wildman–Crippen LogP) is 4.33. The van der Waals surface area contributed by atoms with Gasteiger partial charge in [-0.1, -0.05) is 32.8 Å². The van der Waals surface area contributed by atoms with Crippen LogP contribution < -0.4 is 10.6 Å². The molecule has 2 N–H and O–H groups in total. The number of rotatable bonds is 4. The number of hydrogen-bond donors (Lipinski definition) is 2. The van der Waals surface area contributed by atoms with Crippen LogP contribution in [0.4, 0.5) is 11.4 Å². The van der Waals surface area contributed by atoms with E-state index in [-0.39, 0.29) is 5.91 Å². The van der Waals surface area contributed by atoms with Crippen molar-refractivity contribution in [3.8, 4) is 0 Å². The molecule has 1 aliphatic carbocycles. The van der Waals surface area contributed by atoms with Gasteiger partial charge in [0, 0.05) is 23.8 Å². The van der Waals surface area contributed by atoms with Gasteiger partial charge in [-0.2, -0.15) is 0 Å². The first-order valence-corrected chi connectivity index (χ1v) is 7.77. The molecule has 0 saturated heterocycles. The summed E-state index contributed by atoms with van der Waals surface area (Å²) in [6, 6.07) is 6.66. The topological polar surface area (TPSA) is 41.1 Å². The van der Waals surface area contributed by atoms with Crippen molar-refractivity contribution in [2.75, 3.05) is 10.6 Å². The van der Waals surface area contributed by atoms with Crippen molar-refractivity contribution in [1.82, 2.24) is 0 Å². The second kappa shape index (κ2) is 6.78. The van der Waals surface area contributed by atoms with Gasteiger partial charge in [-0.3, -0.25) is 4.79 Å². The van der Waals surface area contributed by atoms with E-state index < -0.39 is 0 Å². The summed E-state index contributed by atoms with van der Waals surface area (Å²) in [5.74, 6) is 0.780. The molecular formula is C17H26N2O. The fourth-order valence-electron chi connectivity index (χ4n) is 2.84. The summed E-state index contributed by atoms with van der Waals surface area (Å²) in [4.78, 5) is 11.5. The van der Waals surface area contributed by atoms with E-state index in [4.69, 9.17) is 0 Å². The quantitative estimate of drug-likeness (QED) is 0.857. The zero-order valence-electron chi connectivity index (χ0n) is 12.8. The molecule has 2 atom stereocenters. The summed E-state index contributed by atoms with van der Waals surface area (Å²) < 4.78 is 0. The number of aryl methyl sites for hydroxylation is 1. The molecule has 20 heavy (non-hydrogen) atoms. The maximum absolute atomic E-state index is 11.5. The zero-order chi connectivity index (χ0) is 14.5. The summed E-state index contributed by atoms with van der Waals surface area (Å²) >= 11 is 0. The van der Waals surface area contributed by atoms with Gasteiger partial charge >= 0.3 is 0 Å². The molecular weight excluding hydrogens is 248 g/mol. The van der Waals surface area contributed by atoms with Gasteiger partial charge < -0.3 is 10.6 Å². The van der Waals surface area contributed by atoms with Gasteiger partial charge in [0.15, 0.2) is 0 Å². The maximum Gasteiger partial charge on any atom is 0.224 e. The fraction of sp³-hybridized carbons (Fsp3) is 0.588. The Balaban J connectivity index is 2.09. The predicted molar refractivity (Wildman–Crippen MR) is 85.1 cm³/mol. The van der Waals surface area contributed by atoms with E-state index in [1.807, 2.05) is 13.0 Å².